The summed E-state index contributed by atoms with van der Waals surface area (Å²) in [6, 6.07) is 42.4. The summed E-state index contributed by atoms with van der Waals surface area (Å²) in [5.41, 5.74) is 3.39. The van der Waals surface area contributed by atoms with Crippen molar-refractivity contribution in [2.24, 2.45) is 0 Å². The zero-order valence-corrected chi connectivity index (χ0v) is 21.7. The standard InChI is InChI=1S/C33H22N3O2P/c37-39(24-15-6-2-7-16-24,25-17-8-3-9-18-25)33-35-31(23-13-4-1-5-14-23)34-32(36-33)27-20-12-22-29-30(27)26-19-10-11-21-28(26)38-29/h1-22H. The zero-order chi connectivity index (χ0) is 26.2. The molecule has 0 amide bonds. The predicted octanol–water partition coefficient (Wildman–Crippen LogP) is 6.74. The SMILES string of the molecule is O=P(c1ccccc1)(c1ccccc1)c1nc(-c2ccccc2)nc(-c2cccc3oc4ccccc4c23)n1. The van der Waals surface area contributed by atoms with Gasteiger partial charge in [-0.1, -0.05) is 121 Å². The molecule has 7 rings (SSSR count). The van der Waals surface area contributed by atoms with Crippen molar-refractivity contribution in [1.29, 1.82) is 0 Å². The number of para-hydroxylation sites is 1. The maximum atomic E-state index is 15.2. The Morgan fingerprint density at radius 2 is 1.08 bits per heavy atom. The number of rotatable bonds is 5. The molecule has 186 valence electrons. The lowest BCUT2D eigenvalue weighted by Gasteiger charge is -2.19. The number of nitrogens with zero attached hydrogens (tertiary/aromatic N) is 3. The van der Waals surface area contributed by atoms with Crippen LogP contribution in [0, 0.1) is 0 Å². The van der Waals surface area contributed by atoms with Crippen LogP contribution in [0.25, 0.3) is 44.7 Å². The minimum atomic E-state index is -3.45. The first-order valence-electron chi connectivity index (χ1n) is 12.7. The van der Waals surface area contributed by atoms with E-state index in [2.05, 4.69) is 0 Å². The smallest absolute Gasteiger partial charge is 0.206 e. The van der Waals surface area contributed by atoms with Gasteiger partial charge in [-0.2, -0.15) is 0 Å². The Labute approximate surface area is 225 Å². The minimum Gasteiger partial charge on any atom is -0.456 e. The van der Waals surface area contributed by atoms with Crippen molar-refractivity contribution in [3.8, 4) is 22.8 Å². The maximum Gasteiger partial charge on any atom is 0.206 e. The van der Waals surface area contributed by atoms with Gasteiger partial charge in [-0.25, -0.2) is 15.0 Å². The van der Waals surface area contributed by atoms with Crippen LogP contribution in [0.3, 0.4) is 0 Å². The van der Waals surface area contributed by atoms with Gasteiger partial charge in [-0.05, 0) is 12.1 Å². The van der Waals surface area contributed by atoms with Gasteiger partial charge in [0.1, 0.15) is 11.2 Å². The van der Waals surface area contributed by atoms with Gasteiger partial charge < -0.3 is 8.98 Å². The molecule has 0 bridgehead atoms. The van der Waals surface area contributed by atoms with Crippen LogP contribution in [-0.4, -0.2) is 15.0 Å². The van der Waals surface area contributed by atoms with Crippen LogP contribution in [-0.2, 0) is 4.57 Å². The van der Waals surface area contributed by atoms with E-state index >= 15 is 4.57 Å². The number of fused-ring (bicyclic) bond motifs is 3. The predicted molar refractivity (Wildman–Crippen MR) is 157 cm³/mol. The molecule has 6 heteroatoms. The normalized spacial score (nSPS) is 11.7. The van der Waals surface area contributed by atoms with Crippen LogP contribution in [0.2, 0.25) is 0 Å². The zero-order valence-electron chi connectivity index (χ0n) is 20.8. The number of benzene rings is 5. The van der Waals surface area contributed by atoms with E-state index in [-0.39, 0.29) is 5.57 Å². The molecule has 0 saturated heterocycles. The molecule has 0 unspecified atom stereocenters. The minimum absolute atomic E-state index is 0.244. The number of furan rings is 1. The summed E-state index contributed by atoms with van der Waals surface area (Å²) < 4.78 is 21.4. The summed E-state index contributed by atoms with van der Waals surface area (Å²) in [5.74, 6) is 0.913. The molecule has 5 aromatic carbocycles. The van der Waals surface area contributed by atoms with Gasteiger partial charge in [-0.15, -0.1) is 0 Å². The van der Waals surface area contributed by atoms with E-state index in [4.69, 9.17) is 19.4 Å². The first kappa shape index (κ1) is 23.3. The average molecular weight is 524 g/mol. The lowest BCUT2D eigenvalue weighted by Crippen LogP contribution is -2.30. The third-order valence-corrected chi connectivity index (χ3v) is 9.63. The van der Waals surface area contributed by atoms with Gasteiger partial charge in [0.15, 0.2) is 11.6 Å². The van der Waals surface area contributed by atoms with E-state index in [9.17, 15) is 0 Å². The number of hydrogen-bond acceptors (Lipinski definition) is 5. The summed E-state index contributed by atoms with van der Waals surface area (Å²) in [5, 5.41) is 3.22. The summed E-state index contributed by atoms with van der Waals surface area (Å²) in [4.78, 5) is 14.8. The van der Waals surface area contributed by atoms with Crippen molar-refractivity contribution in [3.63, 3.8) is 0 Å². The summed E-state index contributed by atoms with van der Waals surface area (Å²) in [6.07, 6.45) is 0. The molecule has 5 nitrogen and oxygen atoms in total. The van der Waals surface area contributed by atoms with Crippen LogP contribution in [0.15, 0.2) is 138 Å². The first-order valence-corrected chi connectivity index (χ1v) is 14.4. The quantitative estimate of drug-likeness (QED) is 0.234. The van der Waals surface area contributed by atoms with Crippen LogP contribution in [0.4, 0.5) is 0 Å². The molecule has 0 radical (unpaired) electrons. The second-order valence-corrected chi connectivity index (χ2v) is 11.9. The molecule has 0 aliphatic carbocycles. The molecule has 2 heterocycles. The molecule has 0 fully saturated rings. The fourth-order valence-electron chi connectivity index (χ4n) is 4.96. The monoisotopic (exact) mass is 523 g/mol. The van der Waals surface area contributed by atoms with Crippen LogP contribution < -0.4 is 16.2 Å². The van der Waals surface area contributed by atoms with Crippen molar-refractivity contribution < 1.29 is 8.98 Å². The lowest BCUT2D eigenvalue weighted by atomic mass is 10.1. The third-order valence-electron chi connectivity index (χ3n) is 6.82. The summed E-state index contributed by atoms with van der Waals surface area (Å²) in [6.45, 7) is 0. The largest absolute Gasteiger partial charge is 0.456 e. The Bertz CT molecular complexity index is 1950. The van der Waals surface area contributed by atoms with E-state index in [0.717, 1.165) is 33.1 Å². The van der Waals surface area contributed by atoms with E-state index in [0.29, 0.717) is 22.3 Å². The first-order chi connectivity index (χ1) is 19.2. The second kappa shape index (κ2) is 9.46. The highest BCUT2D eigenvalue weighted by Gasteiger charge is 2.34. The highest BCUT2D eigenvalue weighted by Crippen LogP contribution is 2.42. The van der Waals surface area contributed by atoms with Gasteiger partial charge in [0.05, 0.1) is 0 Å². The van der Waals surface area contributed by atoms with E-state index in [1.165, 1.54) is 0 Å². The Kier molecular flexibility index (Phi) is 5.65. The topological polar surface area (TPSA) is 68.9 Å². The molecule has 0 saturated carbocycles. The van der Waals surface area contributed by atoms with Crippen LogP contribution in [0.5, 0.6) is 0 Å². The molecule has 0 N–H and O–H groups in total. The Morgan fingerprint density at radius 1 is 0.513 bits per heavy atom. The van der Waals surface area contributed by atoms with Gasteiger partial charge >= 0.3 is 0 Å². The van der Waals surface area contributed by atoms with Crippen LogP contribution >= 0.6 is 7.14 Å². The Balaban J connectivity index is 1.56. The average Bonchev–Trinajstić information content (AvgIpc) is 3.41. The van der Waals surface area contributed by atoms with Gasteiger partial charge in [0.25, 0.3) is 0 Å². The van der Waals surface area contributed by atoms with Gasteiger partial charge in [0.2, 0.25) is 12.7 Å². The van der Waals surface area contributed by atoms with E-state index < -0.39 is 7.14 Å². The number of hydrogen-bond donors (Lipinski definition) is 0. The maximum absolute atomic E-state index is 15.2. The fourth-order valence-corrected chi connectivity index (χ4v) is 7.37. The molecule has 7 aromatic rings. The molecule has 0 aliphatic heterocycles. The molecule has 0 spiro atoms. The van der Waals surface area contributed by atoms with Crippen molar-refractivity contribution in [2.75, 3.05) is 0 Å². The molecular formula is C33H22N3O2P. The molecule has 2 aromatic heterocycles. The molecular weight excluding hydrogens is 501 g/mol. The lowest BCUT2D eigenvalue weighted by molar-refractivity contribution is 0.591. The van der Waals surface area contributed by atoms with Gasteiger partial charge in [0, 0.05) is 32.5 Å². The Hall–Kier alpha value is -4.86. The van der Waals surface area contributed by atoms with E-state index in [1.807, 2.05) is 133 Å². The van der Waals surface area contributed by atoms with Gasteiger partial charge in [-0.3, -0.25) is 0 Å². The molecule has 0 aliphatic rings. The third kappa shape index (κ3) is 3.96. The molecule has 0 atom stereocenters. The fraction of sp³-hybridized carbons (Fsp3) is 0. The van der Waals surface area contributed by atoms with Crippen LogP contribution in [0.1, 0.15) is 0 Å². The second-order valence-electron chi connectivity index (χ2n) is 9.21. The highest BCUT2D eigenvalue weighted by atomic mass is 31.2. The van der Waals surface area contributed by atoms with Crippen molar-refractivity contribution in [2.45, 2.75) is 0 Å². The van der Waals surface area contributed by atoms with Crippen molar-refractivity contribution in [1.82, 2.24) is 15.0 Å². The van der Waals surface area contributed by atoms with Crippen molar-refractivity contribution >= 4 is 45.3 Å². The van der Waals surface area contributed by atoms with Crippen molar-refractivity contribution in [3.05, 3.63) is 133 Å². The van der Waals surface area contributed by atoms with E-state index in [1.54, 1.807) is 0 Å². The highest BCUT2D eigenvalue weighted by molar-refractivity contribution is 7.84. The number of aromatic nitrogens is 3. The summed E-state index contributed by atoms with van der Waals surface area (Å²) >= 11 is 0. The molecule has 39 heavy (non-hydrogen) atoms. The Morgan fingerprint density at radius 3 is 1.77 bits per heavy atom. The summed E-state index contributed by atoms with van der Waals surface area (Å²) in [7, 11) is -3.45.